The molecular weight excluding hydrogens is 377 g/mol. The SMILES string of the molecule is O=C(COC(=O)c1cc(F)ccc1Br)NC(=O)c1cccs1. The van der Waals surface area contributed by atoms with Crippen molar-refractivity contribution in [3.05, 3.63) is 56.4 Å². The maximum absolute atomic E-state index is 13.1. The lowest BCUT2D eigenvalue weighted by molar-refractivity contribution is -0.123. The maximum atomic E-state index is 13.1. The summed E-state index contributed by atoms with van der Waals surface area (Å²) in [6, 6.07) is 6.75. The summed E-state index contributed by atoms with van der Waals surface area (Å²) in [5.41, 5.74) is -0.0441. The van der Waals surface area contributed by atoms with E-state index in [9.17, 15) is 18.8 Å². The lowest BCUT2D eigenvalue weighted by Gasteiger charge is -2.06. The molecule has 1 heterocycles. The fourth-order valence-electron chi connectivity index (χ4n) is 1.49. The van der Waals surface area contributed by atoms with E-state index >= 15 is 0 Å². The molecule has 0 aliphatic carbocycles. The molecule has 8 heteroatoms. The quantitative estimate of drug-likeness (QED) is 0.821. The molecule has 0 spiro atoms. The summed E-state index contributed by atoms with van der Waals surface area (Å²) >= 11 is 4.26. The van der Waals surface area contributed by atoms with Crippen LogP contribution in [0.1, 0.15) is 20.0 Å². The third-order valence-electron chi connectivity index (χ3n) is 2.48. The zero-order chi connectivity index (χ0) is 16.1. The van der Waals surface area contributed by atoms with Crippen LogP contribution in [0.5, 0.6) is 0 Å². The second kappa shape index (κ2) is 7.28. The highest BCUT2D eigenvalue weighted by atomic mass is 79.9. The minimum absolute atomic E-state index is 0.0441. The highest BCUT2D eigenvalue weighted by Gasteiger charge is 2.16. The molecule has 0 radical (unpaired) electrons. The van der Waals surface area contributed by atoms with Crippen LogP contribution in [0.25, 0.3) is 0 Å². The van der Waals surface area contributed by atoms with Crippen molar-refractivity contribution in [1.82, 2.24) is 5.32 Å². The van der Waals surface area contributed by atoms with Gasteiger partial charge in [-0.25, -0.2) is 9.18 Å². The smallest absolute Gasteiger partial charge is 0.339 e. The molecule has 22 heavy (non-hydrogen) atoms. The van der Waals surface area contributed by atoms with Crippen molar-refractivity contribution in [2.24, 2.45) is 0 Å². The Labute approximate surface area is 137 Å². The molecular formula is C14H9BrFNO4S. The van der Waals surface area contributed by atoms with Gasteiger partial charge < -0.3 is 4.74 Å². The molecule has 0 bridgehead atoms. The fourth-order valence-corrected chi connectivity index (χ4v) is 2.52. The second-order valence-electron chi connectivity index (χ2n) is 4.05. The summed E-state index contributed by atoms with van der Waals surface area (Å²) in [5, 5.41) is 3.78. The van der Waals surface area contributed by atoms with Gasteiger partial charge in [-0.2, -0.15) is 0 Å². The number of thiophene rings is 1. The fraction of sp³-hybridized carbons (Fsp3) is 0.0714. The van der Waals surface area contributed by atoms with Crippen LogP contribution in [0.15, 0.2) is 40.2 Å². The summed E-state index contributed by atoms with van der Waals surface area (Å²) in [5.74, 6) is -2.81. The van der Waals surface area contributed by atoms with E-state index in [-0.39, 0.29) is 5.56 Å². The van der Waals surface area contributed by atoms with Gasteiger partial charge in [-0.1, -0.05) is 6.07 Å². The highest BCUT2D eigenvalue weighted by Crippen LogP contribution is 2.18. The van der Waals surface area contributed by atoms with E-state index in [2.05, 4.69) is 21.2 Å². The minimum atomic E-state index is -0.870. The Morgan fingerprint density at radius 3 is 2.73 bits per heavy atom. The number of imide groups is 1. The van der Waals surface area contributed by atoms with Gasteiger partial charge in [-0.15, -0.1) is 11.3 Å². The number of rotatable bonds is 4. The van der Waals surface area contributed by atoms with Gasteiger partial charge in [0.1, 0.15) is 5.82 Å². The Bertz CT molecular complexity index is 718. The van der Waals surface area contributed by atoms with Crippen molar-refractivity contribution in [2.45, 2.75) is 0 Å². The van der Waals surface area contributed by atoms with E-state index < -0.39 is 30.2 Å². The molecule has 1 N–H and O–H groups in total. The molecule has 0 atom stereocenters. The van der Waals surface area contributed by atoms with Crippen LogP contribution in [-0.4, -0.2) is 24.4 Å². The normalized spacial score (nSPS) is 10.1. The summed E-state index contributed by atoms with van der Waals surface area (Å²) in [6.07, 6.45) is 0. The van der Waals surface area contributed by atoms with Crippen molar-refractivity contribution in [2.75, 3.05) is 6.61 Å². The van der Waals surface area contributed by atoms with E-state index in [1.807, 2.05) is 0 Å². The van der Waals surface area contributed by atoms with Gasteiger partial charge in [0, 0.05) is 4.47 Å². The van der Waals surface area contributed by atoms with Gasteiger partial charge in [0.15, 0.2) is 6.61 Å². The average molecular weight is 386 g/mol. The number of hydrogen-bond acceptors (Lipinski definition) is 5. The van der Waals surface area contributed by atoms with E-state index in [1.54, 1.807) is 17.5 Å². The van der Waals surface area contributed by atoms with Crippen LogP contribution in [0.2, 0.25) is 0 Å². The van der Waals surface area contributed by atoms with Gasteiger partial charge in [0.05, 0.1) is 10.4 Å². The van der Waals surface area contributed by atoms with Gasteiger partial charge >= 0.3 is 5.97 Å². The predicted molar refractivity (Wildman–Crippen MR) is 81.2 cm³/mol. The molecule has 0 aliphatic rings. The van der Waals surface area contributed by atoms with Crippen molar-refractivity contribution in [1.29, 1.82) is 0 Å². The number of ether oxygens (including phenoxy) is 1. The lowest BCUT2D eigenvalue weighted by Crippen LogP contribution is -2.33. The first-order valence-corrected chi connectivity index (χ1v) is 7.64. The van der Waals surface area contributed by atoms with Crippen molar-refractivity contribution >= 4 is 45.1 Å². The first-order valence-electron chi connectivity index (χ1n) is 5.97. The largest absolute Gasteiger partial charge is 0.452 e. The lowest BCUT2D eigenvalue weighted by atomic mass is 10.2. The van der Waals surface area contributed by atoms with Crippen LogP contribution < -0.4 is 5.32 Å². The predicted octanol–water partition coefficient (Wildman–Crippen LogP) is 2.76. The Kier molecular flexibility index (Phi) is 5.40. The second-order valence-corrected chi connectivity index (χ2v) is 5.86. The molecule has 1 aromatic heterocycles. The summed E-state index contributed by atoms with van der Waals surface area (Å²) in [6.45, 7) is -0.640. The number of halogens is 2. The Balaban J connectivity index is 1.89. The Hall–Kier alpha value is -2.06. The van der Waals surface area contributed by atoms with Crippen molar-refractivity contribution in [3.63, 3.8) is 0 Å². The zero-order valence-corrected chi connectivity index (χ0v) is 13.4. The van der Waals surface area contributed by atoms with E-state index in [0.717, 1.165) is 6.07 Å². The number of nitrogens with one attached hydrogen (secondary N) is 1. The Morgan fingerprint density at radius 2 is 2.05 bits per heavy atom. The van der Waals surface area contributed by atoms with E-state index in [1.165, 1.54) is 23.5 Å². The number of carbonyl (C=O) groups is 3. The molecule has 0 aliphatic heterocycles. The van der Waals surface area contributed by atoms with Gasteiger partial charge in [-0.05, 0) is 45.6 Å². The summed E-state index contributed by atoms with van der Waals surface area (Å²) < 4.78 is 18.2. The van der Waals surface area contributed by atoms with Crippen LogP contribution in [0.4, 0.5) is 4.39 Å². The number of esters is 1. The van der Waals surface area contributed by atoms with Crippen molar-refractivity contribution < 1.29 is 23.5 Å². The van der Waals surface area contributed by atoms with E-state index in [4.69, 9.17) is 4.74 Å². The van der Waals surface area contributed by atoms with Gasteiger partial charge in [0.25, 0.3) is 11.8 Å². The molecule has 0 saturated carbocycles. The monoisotopic (exact) mass is 385 g/mol. The van der Waals surface area contributed by atoms with Crippen LogP contribution >= 0.6 is 27.3 Å². The molecule has 2 amide bonds. The summed E-state index contributed by atoms with van der Waals surface area (Å²) in [4.78, 5) is 35.3. The number of carbonyl (C=O) groups excluding carboxylic acids is 3. The van der Waals surface area contributed by atoms with Crippen molar-refractivity contribution in [3.8, 4) is 0 Å². The molecule has 0 unspecified atom stereocenters. The molecule has 2 rings (SSSR count). The van der Waals surface area contributed by atoms with Gasteiger partial charge in [0.2, 0.25) is 0 Å². The molecule has 2 aromatic rings. The molecule has 0 saturated heterocycles. The van der Waals surface area contributed by atoms with Crippen LogP contribution in [0.3, 0.4) is 0 Å². The van der Waals surface area contributed by atoms with Gasteiger partial charge in [-0.3, -0.25) is 14.9 Å². The zero-order valence-electron chi connectivity index (χ0n) is 11.0. The molecule has 1 aromatic carbocycles. The number of benzene rings is 1. The third kappa shape index (κ3) is 4.22. The molecule has 5 nitrogen and oxygen atoms in total. The van der Waals surface area contributed by atoms with E-state index in [0.29, 0.717) is 9.35 Å². The standard InChI is InChI=1S/C14H9BrFNO4S/c15-10-4-3-8(16)6-9(10)14(20)21-7-12(18)17-13(19)11-2-1-5-22-11/h1-6H,7H2,(H,17,18,19). The molecule has 0 fully saturated rings. The minimum Gasteiger partial charge on any atom is -0.452 e. The maximum Gasteiger partial charge on any atom is 0.339 e. The average Bonchev–Trinajstić information content (AvgIpc) is 3.01. The summed E-state index contributed by atoms with van der Waals surface area (Å²) in [7, 11) is 0. The van der Waals surface area contributed by atoms with Crippen LogP contribution in [-0.2, 0) is 9.53 Å². The third-order valence-corrected chi connectivity index (χ3v) is 4.04. The topological polar surface area (TPSA) is 72.5 Å². The first-order chi connectivity index (χ1) is 10.5. The molecule has 114 valence electrons. The first kappa shape index (κ1) is 16.3. The number of hydrogen-bond donors (Lipinski definition) is 1. The highest BCUT2D eigenvalue weighted by molar-refractivity contribution is 9.10. The Morgan fingerprint density at radius 1 is 1.27 bits per heavy atom. The number of amides is 2. The van der Waals surface area contributed by atoms with Crippen LogP contribution in [0, 0.1) is 5.82 Å².